The molecule has 1 saturated heterocycles. The molecule has 3 nitrogen and oxygen atoms in total. The molecule has 1 heterocycles. The van der Waals surface area contributed by atoms with Gasteiger partial charge in [0.05, 0.1) is 5.75 Å². The Balaban J connectivity index is 2.04. The van der Waals surface area contributed by atoms with Gasteiger partial charge in [-0.25, -0.2) is 8.42 Å². The number of piperidine rings is 1. The fourth-order valence-corrected chi connectivity index (χ4v) is 3.50. The van der Waals surface area contributed by atoms with Crippen LogP contribution in [0.3, 0.4) is 0 Å². The fourth-order valence-electron chi connectivity index (χ4n) is 2.91. The van der Waals surface area contributed by atoms with Crippen LogP contribution in [0.25, 0.3) is 0 Å². The summed E-state index contributed by atoms with van der Waals surface area (Å²) in [5, 5.41) is 0. The Hall–Kier alpha value is -0.870. The van der Waals surface area contributed by atoms with Crippen molar-refractivity contribution in [1.29, 1.82) is 0 Å². The molecule has 0 bridgehead atoms. The molecule has 1 aliphatic rings. The molecule has 1 aromatic carbocycles. The zero-order valence-corrected chi connectivity index (χ0v) is 12.6. The van der Waals surface area contributed by atoms with Crippen LogP contribution in [0, 0.1) is 0 Å². The average molecular weight is 281 g/mol. The van der Waals surface area contributed by atoms with Crippen LogP contribution in [-0.2, 0) is 15.3 Å². The first kappa shape index (κ1) is 14.5. The molecule has 0 aliphatic carbocycles. The Labute approximate surface area is 116 Å². The number of sulfone groups is 1. The molecule has 19 heavy (non-hydrogen) atoms. The number of likely N-dealkylation sites (tertiary alicyclic amines) is 1. The highest BCUT2D eigenvalue weighted by atomic mass is 32.2. The summed E-state index contributed by atoms with van der Waals surface area (Å²) >= 11 is 0. The Bertz CT molecular complexity index is 512. The molecule has 0 spiro atoms. The number of benzene rings is 1. The van der Waals surface area contributed by atoms with Gasteiger partial charge >= 0.3 is 0 Å². The lowest BCUT2D eigenvalue weighted by Gasteiger charge is -2.41. The molecule has 0 unspecified atom stereocenters. The van der Waals surface area contributed by atoms with Crippen molar-refractivity contribution in [2.75, 3.05) is 31.6 Å². The number of nitrogens with zero attached hydrogens (tertiary/aromatic N) is 1. The number of rotatable bonds is 4. The highest BCUT2D eigenvalue weighted by Gasteiger charge is 2.32. The van der Waals surface area contributed by atoms with Crippen LogP contribution in [0.5, 0.6) is 0 Å². The van der Waals surface area contributed by atoms with E-state index in [1.54, 1.807) is 0 Å². The molecule has 106 valence electrons. The molecular formula is C15H23NO2S. The van der Waals surface area contributed by atoms with Crippen molar-refractivity contribution >= 4 is 9.84 Å². The van der Waals surface area contributed by atoms with Gasteiger partial charge in [0.2, 0.25) is 0 Å². The summed E-state index contributed by atoms with van der Waals surface area (Å²) in [4.78, 5) is 2.29. The zero-order chi connectivity index (χ0) is 13.9. The van der Waals surface area contributed by atoms with E-state index in [0.717, 1.165) is 19.5 Å². The van der Waals surface area contributed by atoms with Crippen LogP contribution in [0.4, 0.5) is 0 Å². The van der Waals surface area contributed by atoms with Gasteiger partial charge in [0.1, 0.15) is 9.84 Å². The average Bonchev–Trinajstić information content (AvgIpc) is 2.37. The van der Waals surface area contributed by atoms with Crippen molar-refractivity contribution in [1.82, 2.24) is 4.90 Å². The van der Waals surface area contributed by atoms with E-state index < -0.39 is 9.84 Å². The predicted octanol–water partition coefficient (Wildman–Crippen LogP) is 2.08. The Morgan fingerprint density at radius 1 is 1.26 bits per heavy atom. The number of hydrogen-bond donors (Lipinski definition) is 0. The van der Waals surface area contributed by atoms with Gasteiger partial charge < -0.3 is 4.90 Å². The van der Waals surface area contributed by atoms with Gasteiger partial charge in [-0.3, -0.25) is 0 Å². The van der Waals surface area contributed by atoms with Crippen LogP contribution in [0.1, 0.15) is 25.3 Å². The van der Waals surface area contributed by atoms with E-state index in [4.69, 9.17) is 0 Å². The summed E-state index contributed by atoms with van der Waals surface area (Å²) in [6.45, 7) is 4.90. The van der Waals surface area contributed by atoms with E-state index >= 15 is 0 Å². The van der Waals surface area contributed by atoms with Crippen molar-refractivity contribution in [2.24, 2.45) is 0 Å². The second-order valence-corrected chi connectivity index (χ2v) is 8.20. The highest BCUT2D eigenvalue weighted by Crippen LogP contribution is 2.33. The Morgan fingerprint density at radius 3 is 2.58 bits per heavy atom. The van der Waals surface area contributed by atoms with Gasteiger partial charge in [-0.15, -0.1) is 0 Å². The molecule has 1 aromatic rings. The largest absolute Gasteiger partial charge is 0.301 e. The van der Waals surface area contributed by atoms with E-state index in [1.165, 1.54) is 18.2 Å². The van der Waals surface area contributed by atoms with Crippen molar-refractivity contribution in [3.63, 3.8) is 0 Å². The van der Waals surface area contributed by atoms with E-state index in [9.17, 15) is 8.42 Å². The van der Waals surface area contributed by atoms with E-state index in [0.29, 0.717) is 6.54 Å². The normalized spacial score (nSPS) is 25.4. The quantitative estimate of drug-likeness (QED) is 0.848. The summed E-state index contributed by atoms with van der Waals surface area (Å²) in [6, 6.07) is 10.6. The summed E-state index contributed by atoms with van der Waals surface area (Å²) in [7, 11) is -2.87. The maximum Gasteiger partial charge on any atom is 0.148 e. The van der Waals surface area contributed by atoms with Crippen molar-refractivity contribution in [3.8, 4) is 0 Å². The summed E-state index contributed by atoms with van der Waals surface area (Å²) < 4.78 is 22.6. The van der Waals surface area contributed by atoms with Gasteiger partial charge in [0, 0.05) is 24.8 Å². The van der Waals surface area contributed by atoms with Gasteiger partial charge in [0.25, 0.3) is 0 Å². The Morgan fingerprint density at radius 2 is 1.95 bits per heavy atom. The molecule has 0 N–H and O–H groups in total. The SMILES string of the molecule is C[C@@]1(c2ccccc2)CCCN(CCS(C)(=O)=O)C1. The van der Waals surface area contributed by atoms with Crippen LogP contribution < -0.4 is 0 Å². The molecule has 0 aromatic heterocycles. The molecule has 0 radical (unpaired) electrons. The first-order chi connectivity index (χ1) is 8.89. The maximum absolute atomic E-state index is 11.3. The molecule has 1 aliphatic heterocycles. The lowest BCUT2D eigenvalue weighted by atomic mass is 9.76. The maximum atomic E-state index is 11.3. The molecular weight excluding hydrogens is 258 g/mol. The minimum atomic E-state index is -2.87. The highest BCUT2D eigenvalue weighted by molar-refractivity contribution is 7.90. The standard InChI is InChI=1S/C15H23NO2S/c1-15(14-7-4-3-5-8-14)9-6-10-16(13-15)11-12-19(2,17)18/h3-5,7-8H,6,9-13H2,1-2H3/t15-/m1/s1. The first-order valence-corrected chi connectivity index (χ1v) is 8.91. The van der Waals surface area contributed by atoms with Gasteiger partial charge in [0.15, 0.2) is 0 Å². The first-order valence-electron chi connectivity index (χ1n) is 6.85. The summed E-state index contributed by atoms with van der Waals surface area (Å²) in [6.07, 6.45) is 3.62. The smallest absolute Gasteiger partial charge is 0.148 e. The number of hydrogen-bond acceptors (Lipinski definition) is 3. The zero-order valence-electron chi connectivity index (χ0n) is 11.8. The van der Waals surface area contributed by atoms with E-state index in [-0.39, 0.29) is 11.2 Å². The van der Waals surface area contributed by atoms with E-state index in [1.807, 2.05) is 6.07 Å². The minimum Gasteiger partial charge on any atom is -0.301 e. The van der Waals surface area contributed by atoms with Crippen LogP contribution in [-0.4, -0.2) is 45.0 Å². The fraction of sp³-hybridized carbons (Fsp3) is 0.600. The van der Waals surface area contributed by atoms with Gasteiger partial charge in [-0.05, 0) is 24.9 Å². The molecule has 0 saturated carbocycles. The second kappa shape index (κ2) is 5.63. The minimum absolute atomic E-state index is 0.150. The van der Waals surface area contributed by atoms with Gasteiger partial charge in [-0.2, -0.15) is 0 Å². The molecule has 4 heteroatoms. The third-order valence-electron chi connectivity index (χ3n) is 4.02. The summed E-state index contributed by atoms with van der Waals surface area (Å²) in [5.74, 6) is 0.262. The third-order valence-corrected chi connectivity index (χ3v) is 4.95. The predicted molar refractivity (Wildman–Crippen MR) is 79.2 cm³/mol. The molecule has 0 amide bonds. The van der Waals surface area contributed by atoms with Crippen LogP contribution in [0.2, 0.25) is 0 Å². The van der Waals surface area contributed by atoms with Crippen molar-refractivity contribution < 1.29 is 8.42 Å². The van der Waals surface area contributed by atoms with Crippen molar-refractivity contribution in [3.05, 3.63) is 35.9 Å². The topological polar surface area (TPSA) is 37.4 Å². The second-order valence-electron chi connectivity index (χ2n) is 5.94. The molecule has 1 atom stereocenters. The molecule has 2 rings (SSSR count). The van der Waals surface area contributed by atoms with Crippen LogP contribution in [0.15, 0.2) is 30.3 Å². The third kappa shape index (κ3) is 4.05. The molecule has 1 fully saturated rings. The van der Waals surface area contributed by atoms with E-state index in [2.05, 4.69) is 36.1 Å². The lowest BCUT2D eigenvalue weighted by molar-refractivity contribution is 0.164. The monoisotopic (exact) mass is 281 g/mol. The van der Waals surface area contributed by atoms with Crippen LogP contribution >= 0.6 is 0 Å². The van der Waals surface area contributed by atoms with Crippen molar-refractivity contribution in [2.45, 2.75) is 25.2 Å². The van der Waals surface area contributed by atoms with Gasteiger partial charge in [-0.1, -0.05) is 37.3 Å². The lowest BCUT2D eigenvalue weighted by Crippen LogP contribution is -2.45. The Kier molecular flexibility index (Phi) is 4.31. The summed E-state index contributed by atoms with van der Waals surface area (Å²) in [5.41, 5.74) is 1.51.